The number of aromatic nitrogens is 1. The molecule has 0 saturated heterocycles. The van der Waals surface area contributed by atoms with Gasteiger partial charge in [-0.05, 0) is 36.2 Å². The first-order chi connectivity index (χ1) is 15.5. The van der Waals surface area contributed by atoms with E-state index in [1.807, 2.05) is 6.07 Å². The van der Waals surface area contributed by atoms with E-state index in [1.54, 1.807) is 36.4 Å². The summed E-state index contributed by atoms with van der Waals surface area (Å²) in [5.41, 5.74) is 1.87. The summed E-state index contributed by atoms with van der Waals surface area (Å²) in [5, 5.41) is 2.87. The molecule has 1 amide bonds. The SMILES string of the molecule is COC(=O)C[C@H](NC(=O)CCCn1c(=O)oc2ccccc21)c1ccc(OC)c(OC)c1. The van der Waals surface area contributed by atoms with Crippen molar-refractivity contribution in [3.05, 3.63) is 58.6 Å². The number of ether oxygens (including phenoxy) is 3. The fourth-order valence-electron chi connectivity index (χ4n) is 3.46. The number of esters is 1. The first-order valence-corrected chi connectivity index (χ1v) is 10.1. The number of hydrogen-bond acceptors (Lipinski definition) is 7. The molecule has 170 valence electrons. The van der Waals surface area contributed by atoms with E-state index >= 15 is 0 Å². The van der Waals surface area contributed by atoms with Crippen LogP contribution in [0.25, 0.3) is 11.1 Å². The first-order valence-electron chi connectivity index (χ1n) is 10.1. The topological polar surface area (TPSA) is 109 Å². The highest BCUT2D eigenvalue weighted by molar-refractivity contribution is 5.78. The smallest absolute Gasteiger partial charge is 0.419 e. The van der Waals surface area contributed by atoms with Crippen LogP contribution in [0.5, 0.6) is 11.5 Å². The number of benzene rings is 2. The van der Waals surface area contributed by atoms with Gasteiger partial charge in [-0.1, -0.05) is 18.2 Å². The number of carbonyl (C=O) groups is 2. The van der Waals surface area contributed by atoms with E-state index in [0.717, 1.165) is 0 Å². The highest BCUT2D eigenvalue weighted by Crippen LogP contribution is 2.31. The van der Waals surface area contributed by atoms with Crippen LogP contribution in [-0.2, 0) is 20.9 Å². The summed E-state index contributed by atoms with van der Waals surface area (Å²) in [6.45, 7) is 0.335. The van der Waals surface area contributed by atoms with Gasteiger partial charge in [0.25, 0.3) is 0 Å². The van der Waals surface area contributed by atoms with E-state index in [4.69, 9.17) is 18.6 Å². The van der Waals surface area contributed by atoms with Gasteiger partial charge in [0.1, 0.15) is 0 Å². The van der Waals surface area contributed by atoms with E-state index in [-0.39, 0.29) is 18.7 Å². The van der Waals surface area contributed by atoms with Gasteiger partial charge in [-0.3, -0.25) is 14.2 Å². The number of fused-ring (bicyclic) bond motifs is 1. The second kappa shape index (κ2) is 10.5. The molecule has 1 atom stereocenters. The fourth-order valence-corrected chi connectivity index (χ4v) is 3.46. The van der Waals surface area contributed by atoms with E-state index in [2.05, 4.69) is 5.32 Å². The molecule has 0 aliphatic rings. The van der Waals surface area contributed by atoms with Gasteiger partial charge in [0, 0.05) is 13.0 Å². The molecule has 0 spiro atoms. The molecule has 3 rings (SSSR count). The van der Waals surface area contributed by atoms with Crippen molar-refractivity contribution in [2.45, 2.75) is 31.8 Å². The molecule has 0 unspecified atom stereocenters. The molecule has 1 aromatic heterocycles. The van der Waals surface area contributed by atoms with Gasteiger partial charge in [0.05, 0.1) is 39.3 Å². The molecular weight excluding hydrogens is 416 g/mol. The van der Waals surface area contributed by atoms with Crippen LogP contribution in [0.1, 0.15) is 30.9 Å². The molecule has 0 bridgehead atoms. The van der Waals surface area contributed by atoms with Crippen molar-refractivity contribution in [3.63, 3.8) is 0 Å². The monoisotopic (exact) mass is 442 g/mol. The highest BCUT2D eigenvalue weighted by atomic mass is 16.5. The van der Waals surface area contributed by atoms with Gasteiger partial charge in [-0.25, -0.2) is 4.79 Å². The Balaban J connectivity index is 1.68. The molecule has 1 heterocycles. The number of hydrogen-bond donors (Lipinski definition) is 1. The zero-order valence-electron chi connectivity index (χ0n) is 18.3. The molecule has 0 aliphatic carbocycles. The number of rotatable bonds is 10. The Labute approximate surface area is 184 Å². The Bertz CT molecular complexity index is 1150. The van der Waals surface area contributed by atoms with Crippen LogP contribution in [0.3, 0.4) is 0 Å². The third-order valence-electron chi connectivity index (χ3n) is 5.10. The predicted molar refractivity (Wildman–Crippen MR) is 117 cm³/mol. The summed E-state index contributed by atoms with van der Waals surface area (Å²) in [7, 11) is 4.33. The van der Waals surface area contributed by atoms with Crippen molar-refractivity contribution in [1.29, 1.82) is 0 Å². The Morgan fingerprint density at radius 1 is 1.06 bits per heavy atom. The average Bonchev–Trinajstić information content (AvgIpc) is 3.13. The lowest BCUT2D eigenvalue weighted by Crippen LogP contribution is -2.30. The highest BCUT2D eigenvalue weighted by Gasteiger charge is 2.21. The van der Waals surface area contributed by atoms with Crippen molar-refractivity contribution in [1.82, 2.24) is 9.88 Å². The Morgan fingerprint density at radius 3 is 2.53 bits per heavy atom. The largest absolute Gasteiger partial charge is 0.493 e. The van der Waals surface area contributed by atoms with E-state index in [9.17, 15) is 14.4 Å². The zero-order valence-corrected chi connectivity index (χ0v) is 18.3. The third-order valence-corrected chi connectivity index (χ3v) is 5.10. The maximum absolute atomic E-state index is 12.6. The maximum atomic E-state index is 12.6. The molecular formula is C23H26N2O7. The molecule has 0 aliphatic heterocycles. The summed E-state index contributed by atoms with van der Waals surface area (Å²) in [6.07, 6.45) is 0.548. The minimum atomic E-state index is -0.604. The van der Waals surface area contributed by atoms with Crippen LogP contribution in [0.15, 0.2) is 51.7 Å². The lowest BCUT2D eigenvalue weighted by atomic mass is 10.0. The summed E-state index contributed by atoms with van der Waals surface area (Å²) < 4.78 is 22.1. The summed E-state index contributed by atoms with van der Waals surface area (Å²) in [5.74, 6) is -0.144. The number of nitrogens with zero attached hydrogens (tertiary/aromatic N) is 1. The van der Waals surface area contributed by atoms with Crippen LogP contribution in [0.2, 0.25) is 0 Å². The molecule has 3 aromatic rings. The van der Waals surface area contributed by atoms with E-state index in [0.29, 0.717) is 41.1 Å². The molecule has 9 heteroatoms. The number of carbonyl (C=O) groups excluding carboxylic acids is 2. The van der Waals surface area contributed by atoms with Crippen molar-refractivity contribution in [2.24, 2.45) is 0 Å². The number of aryl methyl sites for hydroxylation is 1. The first kappa shape index (κ1) is 22.9. The lowest BCUT2D eigenvalue weighted by Gasteiger charge is -2.20. The quantitative estimate of drug-likeness (QED) is 0.481. The van der Waals surface area contributed by atoms with Crippen LogP contribution < -0.4 is 20.5 Å². The molecule has 0 fully saturated rings. The third kappa shape index (κ3) is 5.29. The Hall–Kier alpha value is -3.75. The molecule has 32 heavy (non-hydrogen) atoms. The summed E-state index contributed by atoms with van der Waals surface area (Å²) in [4.78, 5) is 36.6. The van der Waals surface area contributed by atoms with Gasteiger partial charge < -0.3 is 23.9 Å². The van der Waals surface area contributed by atoms with Crippen molar-refractivity contribution >= 4 is 23.0 Å². The van der Waals surface area contributed by atoms with Crippen LogP contribution in [-0.4, -0.2) is 37.8 Å². The molecule has 9 nitrogen and oxygen atoms in total. The Morgan fingerprint density at radius 2 is 1.81 bits per heavy atom. The van der Waals surface area contributed by atoms with Gasteiger partial charge >= 0.3 is 11.7 Å². The number of oxazole rings is 1. The second-order valence-corrected chi connectivity index (χ2v) is 7.11. The number of methoxy groups -OCH3 is 3. The minimum Gasteiger partial charge on any atom is -0.493 e. The number of nitrogens with one attached hydrogen (secondary N) is 1. The van der Waals surface area contributed by atoms with Crippen molar-refractivity contribution in [3.8, 4) is 11.5 Å². The van der Waals surface area contributed by atoms with Crippen LogP contribution >= 0.6 is 0 Å². The number of para-hydroxylation sites is 2. The fraction of sp³-hybridized carbons (Fsp3) is 0.348. The van der Waals surface area contributed by atoms with Gasteiger partial charge in [0.2, 0.25) is 5.91 Å². The average molecular weight is 442 g/mol. The van der Waals surface area contributed by atoms with Gasteiger partial charge in [-0.15, -0.1) is 0 Å². The Kier molecular flexibility index (Phi) is 7.54. The van der Waals surface area contributed by atoms with Crippen molar-refractivity contribution in [2.75, 3.05) is 21.3 Å². The molecule has 0 radical (unpaired) electrons. The minimum absolute atomic E-state index is 0.0381. The lowest BCUT2D eigenvalue weighted by molar-refractivity contribution is -0.141. The van der Waals surface area contributed by atoms with Crippen LogP contribution in [0, 0.1) is 0 Å². The number of amides is 1. The predicted octanol–water partition coefficient (Wildman–Crippen LogP) is 2.81. The zero-order chi connectivity index (χ0) is 23.1. The molecule has 2 aromatic carbocycles. The van der Waals surface area contributed by atoms with E-state index in [1.165, 1.54) is 25.9 Å². The van der Waals surface area contributed by atoms with Crippen molar-refractivity contribution < 1.29 is 28.2 Å². The summed E-state index contributed by atoms with van der Waals surface area (Å²) >= 11 is 0. The van der Waals surface area contributed by atoms with Gasteiger partial charge in [0.15, 0.2) is 17.1 Å². The van der Waals surface area contributed by atoms with Crippen LogP contribution in [0.4, 0.5) is 0 Å². The van der Waals surface area contributed by atoms with E-state index < -0.39 is 17.8 Å². The molecule has 0 saturated carbocycles. The molecule has 1 N–H and O–H groups in total. The standard InChI is InChI=1S/C23H26N2O7/c1-29-19-11-10-15(13-20(19)30-2)16(14-22(27)31-3)24-21(26)9-6-12-25-17-7-4-5-8-18(17)32-23(25)28/h4-5,7-8,10-11,13,16H,6,9,12,14H2,1-3H3,(H,24,26)/t16-/m0/s1. The maximum Gasteiger partial charge on any atom is 0.419 e. The normalized spacial score (nSPS) is 11.7. The summed E-state index contributed by atoms with van der Waals surface area (Å²) in [6, 6.07) is 11.7. The van der Waals surface area contributed by atoms with Gasteiger partial charge in [-0.2, -0.15) is 0 Å². The second-order valence-electron chi connectivity index (χ2n) is 7.11.